The third-order valence-corrected chi connectivity index (χ3v) is 5.50. The molecule has 1 saturated heterocycles. The third-order valence-electron chi connectivity index (χ3n) is 5.21. The summed E-state index contributed by atoms with van der Waals surface area (Å²) in [5.41, 5.74) is 3.31. The molecule has 0 amide bonds. The number of ether oxygens (including phenoxy) is 2. The lowest BCUT2D eigenvalue weighted by atomic mass is 10.2. The first-order valence-electron chi connectivity index (χ1n) is 9.84. The van der Waals surface area contributed by atoms with Gasteiger partial charge in [0.2, 0.25) is 5.88 Å². The Bertz CT molecular complexity index is 1180. The van der Waals surface area contributed by atoms with Gasteiger partial charge in [0.15, 0.2) is 5.82 Å². The van der Waals surface area contributed by atoms with Crippen LogP contribution >= 0.6 is 11.6 Å². The van der Waals surface area contributed by atoms with Gasteiger partial charge >= 0.3 is 0 Å². The summed E-state index contributed by atoms with van der Waals surface area (Å²) >= 11 is 6.62. The molecule has 1 aromatic carbocycles. The zero-order chi connectivity index (χ0) is 20.5. The van der Waals surface area contributed by atoms with Crippen molar-refractivity contribution in [3.05, 3.63) is 35.5 Å². The van der Waals surface area contributed by atoms with Crippen LogP contribution < -0.4 is 10.1 Å². The standard InChI is InChI=1S/C20H22ClN7O2/c1-27-16-12-13(23-19-18-15(24-25-19)3-2-4-22-18)11-14(21)17(16)20(26-27)30-10-7-28-5-8-29-9-6-28/h2-4,11-12H,5-10H2,1H3,(H2,23,24,25). The van der Waals surface area contributed by atoms with Crippen LogP contribution in [0.5, 0.6) is 5.88 Å². The summed E-state index contributed by atoms with van der Waals surface area (Å²) in [6.45, 7) is 4.78. The average Bonchev–Trinajstić information content (AvgIpc) is 3.30. The maximum atomic E-state index is 6.62. The molecule has 3 aromatic heterocycles. The van der Waals surface area contributed by atoms with Gasteiger partial charge in [-0.05, 0) is 24.3 Å². The van der Waals surface area contributed by atoms with Crippen molar-refractivity contribution in [3.63, 3.8) is 0 Å². The molecule has 10 heteroatoms. The Morgan fingerprint density at radius 1 is 1.30 bits per heavy atom. The van der Waals surface area contributed by atoms with Crippen molar-refractivity contribution >= 4 is 45.0 Å². The molecular weight excluding hydrogens is 406 g/mol. The zero-order valence-corrected chi connectivity index (χ0v) is 17.3. The molecule has 1 aliphatic rings. The zero-order valence-electron chi connectivity index (χ0n) is 16.6. The van der Waals surface area contributed by atoms with Gasteiger partial charge in [0.25, 0.3) is 0 Å². The van der Waals surface area contributed by atoms with Crippen LogP contribution in [0, 0.1) is 0 Å². The Morgan fingerprint density at radius 3 is 3.03 bits per heavy atom. The molecule has 0 saturated carbocycles. The first-order valence-corrected chi connectivity index (χ1v) is 10.2. The average molecular weight is 428 g/mol. The number of morpholine rings is 1. The van der Waals surface area contributed by atoms with Crippen LogP contribution in [0.2, 0.25) is 5.02 Å². The van der Waals surface area contributed by atoms with Gasteiger partial charge in [0.05, 0.1) is 34.7 Å². The fourth-order valence-electron chi connectivity index (χ4n) is 3.65. The Morgan fingerprint density at radius 2 is 2.17 bits per heavy atom. The highest BCUT2D eigenvalue weighted by Gasteiger charge is 2.17. The predicted octanol–water partition coefficient (Wildman–Crippen LogP) is 2.95. The lowest BCUT2D eigenvalue weighted by Gasteiger charge is -2.26. The summed E-state index contributed by atoms with van der Waals surface area (Å²) in [6, 6.07) is 7.62. The second-order valence-electron chi connectivity index (χ2n) is 7.18. The minimum Gasteiger partial charge on any atom is -0.475 e. The lowest BCUT2D eigenvalue weighted by molar-refractivity contribution is 0.0320. The molecule has 30 heavy (non-hydrogen) atoms. The number of fused-ring (bicyclic) bond motifs is 2. The number of aryl methyl sites for hydroxylation is 1. The molecule has 0 radical (unpaired) electrons. The number of anilines is 2. The normalized spacial score (nSPS) is 15.1. The molecule has 0 atom stereocenters. The number of nitrogens with one attached hydrogen (secondary N) is 2. The van der Waals surface area contributed by atoms with Crippen LogP contribution in [0.15, 0.2) is 30.5 Å². The largest absolute Gasteiger partial charge is 0.475 e. The van der Waals surface area contributed by atoms with Crippen LogP contribution in [0.25, 0.3) is 21.9 Å². The fourth-order valence-corrected chi connectivity index (χ4v) is 3.94. The van der Waals surface area contributed by atoms with Crippen LogP contribution in [0.3, 0.4) is 0 Å². The van der Waals surface area contributed by atoms with Crippen molar-refractivity contribution in [2.75, 3.05) is 44.8 Å². The molecule has 0 spiro atoms. The first-order chi connectivity index (χ1) is 14.7. The second kappa shape index (κ2) is 8.10. The fraction of sp³-hybridized carbons (Fsp3) is 0.350. The number of aromatic amines is 1. The topological polar surface area (TPSA) is 93.1 Å². The van der Waals surface area contributed by atoms with E-state index in [0.29, 0.717) is 23.3 Å². The molecule has 4 heterocycles. The van der Waals surface area contributed by atoms with Gasteiger partial charge in [0, 0.05) is 38.6 Å². The van der Waals surface area contributed by atoms with Crippen molar-refractivity contribution in [1.82, 2.24) is 29.9 Å². The number of nitrogens with zero attached hydrogens (tertiary/aromatic N) is 5. The number of H-pyrrole nitrogens is 1. The van der Waals surface area contributed by atoms with Crippen molar-refractivity contribution < 1.29 is 9.47 Å². The van der Waals surface area contributed by atoms with E-state index < -0.39 is 0 Å². The highest BCUT2D eigenvalue weighted by atomic mass is 35.5. The summed E-state index contributed by atoms with van der Waals surface area (Å²) < 4.78 is 13.1. The summed E-state index contributed by atoms with van der Waals surface area (Å²) in [4.78, 5) is 6.70. The number of aromatic nitrogens is 5. The van der Waals surface area contributed by atoms with E-state index in [2.05, 4.69) is 30.5 Å². The van der Waals surface area contributed by atoms with E-state index in [0.717, 1.165) is 60.5 Å². The van der Waals surface area contributed by atoms with Crippen LogP contribution in [0.1, 0.15) is 0 Å². The smallest absolute Gasteiger partial charge is 0.242 e. The number of hydrogen-bond donors (Lipinski definition) is 2. The number of rotatable bonds is 6. The summed E-state index contributed by atoms with van der Waals surface area (Å²) in [6.07, 6.45) is 1.74. The van der Waals surface area contributed by atoms with Gasteiger partial charge in [-0.2, -0.15) is 5.10 Å². The molecular formula is C20H22ClN7O2. The van der Waals surface area contributed by atoms with E-state index in [1.807, 2.05) is 31.3 Å². The number of benzene rings is 1. The Kier molecular flexibility index (Phi) is 5.16. The van der Waals surface area contributed by atoms with Crippen LogP contribution in [-0.2, 0) is 11.8 Å². The monoisotopic (exact) mass is 427 g/mol. The summed E-state index contributed by atoms with van der Waals surface area (Å²) in [5.74, 6) is 1.19. The highest BCUT2D eigenvalue weighted by molar-refractivity contribution is 6.36. The molecule has 0 aliphatic carbocycles. The summed E-state index contributed by atoms with van der Waals surface area (Å²) in [7, 11) is 1.88. The van der Waals surface area contributed by atoms with Gasteiger partial charge in [-0.1, -0.05) is 11.6 Å². The van der Waals surface area contributed by atoms with Gasteiger partial charge in [-0.15, -0.1) is 5.10 Å². The second-order valence-corrected chi connectivity index (χ2v) is 7.59. The molecule has 0 bridgehead atoms. The molecule has 1 aliphatic heterocycles. The molecule has 1 fully saturated rings. The first kappa shape index (κ1) is 19.1. The molecule has 4 aromatic rings. The SMILES string of the molecule is Cn1nc(OCCN2CCOCC2)c2c(Cl)cc(Nc3n[nH]c4cccnc34)cc21. The van der Waals surface area contributed by atoms with Gasteiger partial charge in [-0.3, -0.25) is 19.7 Å². The van der Waals surface area contributed by atoms with Crippen LogP contribution in [-0.4, -0.2) is 69.3 Å². The van der Waals surface area contributed by atoms with E-state index >= 15 is 0 Å². The maximum Gasteiger partial charge on any atom is 0.242 e. The van der Waals surface area contributed by atoms with Crippen molar-refractivity contribution in [1.29, 1.82) is 0 Å². The van der Waals surface area contributed by atoms with Crippen molar-refractivity contribution in [2.45, 2.75) is 0 Å². The minimum absolute atomic E-state index is 0.546. The van der Waals surface area contributed by atoms with E-state index in [4.69, 9.17) is 21.1 Å². The minimum atomic E-state index is 0.546. The van der Waals surface area contributed by atoms with Crippen molar-refractivity contribution in [2.24, 2.45) is 7.05 Å². The molecule has 156 valence electrons. The third kappa shape index (κ3) is 3.67. The van der Waals surface area contributed by atoms with Gasteiger partial charge in [0.1, 0.15) is 12.1 Å². The van der Waals surface area contributed by atoms with Gasteiger partial charge in [-0.25, -0.2) is 0 Å². The Labute approximate surface area is 177 Å². The van der Waals surface area contributed by atoms with Gasteiger partial charge < -0.3 is 14.8 Å². The maximum absolute atomic E-state index is 6.62. The lowest BCUT2D eigenvalue weighted by Crippen LogP contribution is -2.38. The van der Waals surface area contributed by atoms with Crippen LogP contribution in [0.4, 0.5) is 11.5 Å². The molecule has 9 nitrogen and oxygen atoms in total. The number of pyridine rings is 1. The number of halogens is 1. The van der Waals surface area contributed by atoms with Crippen molar-refractivity contribution in [3.8, 4) is 5.88 Å². The van der Waals surface area contributed by atoms with E-state index in [1.165, 1.54) is 0 Å². The Hall–Kier alpha value is -2.88. The quantitative estimate of drug-likeness (QED) is 0.488. The van der Waals surface area contributed by atoms with E-state index in [9.17, 15) is 0 Å². The van der Waals surface area contributed by atoms with E-state index in [1.54, 1.807) is 10.9 Å². The Balaban J connectivity index is 1.37. The highest BCUT2D eigenvalue weighted by Crippen LogP contribution is 2.35. The molecule has 5 rings (SSSR count). The van der Waals surface area contributed by atoms with E-state index in [-0.39, 0.29) is 0 Å². The predicted molar refractivity (Wildman–Crippen MR) is 116 cm³/mol. The molecule has 2 N–H and O–H groups in total. The summed E-state index contributed by atoms with van der Waals surface area (Å²) in [5, 5.41) is 16.5. The molecule has 0 unspecified atom stereocenters. The number of hydrogen-bond acceptors (Lipinski definition) is 7.